The summed E-state index contributed by atoms with van der Waals surface area (Å²) in [5, 5.41) is 0. The maximum absolute atomic E-state index is 9.04. The van der Waals surface area contributed by atoms with Crippen LogP contribution in [0.4, 0.5) is 0 Å². The lowest BCUT2D eigenvalue weighted by molar-refractivity contribution is 0.619. The Balaban J connectivity index is 3.51. The molecule has 26 valence electrons. The van der Waals surface area contributed by atoms with E-state index in [1.807, 2.05) is 0 Å². The predicted molar refractivity (Wildman–Crippen MR) is 16.2 cm³/mol. The van der Waals surface area contributed by atoms with E-state index in [1.54, 1.807) is 0 Å². The molecule has 0 bridgehead atoms. The van der Waals surface area contributed by atoms with Crippen LogP contribution >= 0.6 is 0 Å². The molecule has 0 saturated carbocycles. The van der Waals surface area contributed by atoms with E-state index in [1.165, 1.54) is 0 Å². The van der Waals surface area contributed by atoms with Gasteiger partial charge in [-0.3, -0.25) is 0 Å². The molecule has 0 amide bonds. The normalized spacial score (nSPS) is 8.50. The number of rotatable bonds is 0. The molecule has 0 aromatic carbocycles. The number of thiol groups is 1. The molecule has 0 aliphatic heterocycles. The van der Waals surface area contributed by atoms with Crippen molar-refractivity contribution in [1.29, 1.82) is 0 Å². The summed E-state index contributed by atoms with van der Waals surface area (Å²) in [6.45, 7) is 0. The van der Waals surface area contributed by atoms with Gasteiger partial charge in [-0.2, -0.15) is 0 Å². The lowest BCUT2D eigenvalue weighted by Gasteiger charge is -1.41. The van der Waals surface area contributed by atoms with E-state index < -0.39 is 10.7 Å². The summed E-state index contributed by atoms with van der Waals surface area (Å²) >= 11 is 0. The topological polar surface area (TPSA) is 34.1 Å². The van der Waals surface area contributed by atoms with Crippen LogP contribution in [-0.4, -0.2) is 14.7 Å². The zero-order valence-corrected chi connectivity index (χ0v) is 3.16. The van der Waals surface area contributed by atoms with E-state index in [0.29, 0.717) is 0 Å². The summed E-state index contributed by atoms with van der Waals surface area (Å²) in [6.07, 6.45) is 1.12. The molecule has 0 heterocycles. The Hall–Kier alpha value is -0.0500. The van der Waals surface area contributed by atoms with Crippen LogP contribution in [0.3, 0.4) is 0 Å². The highest BCUT2D eigenvalue weighted by Crippen LogP contribution is 1.29. The van der Waals surface area contributed by atoms with Crippen molar-refractivity contribution >= 4 is 10.7 Å². The highest BCUT2D eigenvalue weighted by Gasteiger charge is 1.44. The fraction of sp³-hybridized carbons (Fsp3) is 1.00. The molecular weight excluding hydrogens is 76.1 g/mol. The van der Waals surface area contributed by atoms with E-state index >= 15 is 0 Å². The minimum absolute atomic E-state index is 1.12. The molecule has 0 N–H and O–H groups in total. The van der Waals surface area contributed by atoms with Gasteiger partial charge in [0, 0.05) is 6.26 Å². The monoisotopic (exact) mass is 80.0 g/mol. The largest absolute Gasteiger partial charge is 0.232 e. The summed E-state index contributed by atoms with van der Waals surface area (Å²) in [7, 11) is -2.12. The summed E-state index contributed by atoms with van der Waals surface area (Å²) in [5.74, 6) is 0. The van der Waals surface area contributed by atoms with Crippen molar-refractivity contribution in [3.8, 4) is 0 Å². The first-order valence-corrected chi connectivity index (χ1v) is 2.44. The third-order valence-electron chi connectivity index (χ3n) is 0. The van der Waals surface area contributed by atoms with Crippen molar-refractivity contribution in [1.82, 2.24) is 0 Å². The first kappa shape index (κ1) is 3.95. The molecular formula is CH4O2S. The minimum Gasteiger partial charge on any atom is -0.232 e. The predicted octanol–water partition coefficient (Wildman–Crippen LogP) is -0.772. The van der Waals surface area contributed by atoms with Gasteiger partial charge in [0.2, 0.25) is 0 Å². The minimum atomic E-state index is -2.12. The highest BCUT2D eigenvalue weighted by atomic mass is 32.2. The van der Waals surface area contributed by atoms with E-state index in [-0.39, 0.29) is 0 Å². The zero-order chi connectivity index (χ0) is 3.58. The molecule has 2 nitrogen and oxygen atoms in total. The van der Waals surface area contributed by atoms with Crippen LogP contribution in [0.1, 0.15) is 0 Å². The Labute approximate surface area is 26.4 Å². The van der Waals surface area contributed by atoms with Crippen molar-refractivity contribution in [3.05, 3.63) is 0 Å². The van der Waals surface area contributed by atoms with Gasteiger partial charge in [0.1, 0.15) is 10.7 Å². The third kappa shape index (κ3) is 704. The lowest BCUT2D eigenvalue weighted by Crippen LogP contribution is -1.56. The van der Waals surface area contributed by atoms with Gasteiger partial charge in [-0.1, -0.05) is 0 Å². The van der Waals surface area contributed by atoms with Gasteiger partial charge >= 0.3 is 0 Å². The Morgan fingerprint density at radius 1 is 1.50 bits per heavy atom. The molecule has 3 heteroatoms. The van der Waals surface area contributed by atoms with Crippen LogP contribution < -0.4 is 0 Å². The second-order valence-electron chi connectivity index (χ2n) is 0.440. The Kier molecular flexibility index (Phi) is 1.27. The molecule has 0 spiro atoms. The molecule has 0 radical (unpaired) electrons. The van der Waals surface area contributed by atoms with Crippen molar-refractivity contribution in [3.63, 3.8) is 0 Å². The SMILES string of the molecule is C[SH](=O)=O. The standard InChI is InChI=1S/CH4O2S/c1-4(2)3/h4H,1H3. The second-order valence-corrected chi connectivity index (χ2v) is 1.32. The fourth-order valence-corrected chi connectivity index (χ4v) is 0. The quantitative estimate of drug-likeness (QED) is 0.387. The van der Waals surface area contributed by atoms with Crippen molar-refractivity contribution in [2.45, 2.75) is 0 Å². The molecule has 0 atom stereocenters. The molecule has 0 aromatic rings. The maximum atomic E-state index is 9.04. The summed E-state index contributed by atoms with van der Waals surface area (Å²) in [6, 6.07) is 0. The van der Waals surface area contributed by atoms with E-state index in [9.17, 15) is 0 Å². The smallest absolute Gasteiger partial charge is 0.137 e. The third-order valence-corrected chi connectivity index (χ3v) is 0. The molecule has 0 aromatic heterocycles. The van der Waals surface area contributed by atoms with Crippen molar-refractivity contribution in [2.75, 3.05) is 6.26 Å². The van der Waals surface area contributed by atoms with E-state index in [4.69, 9.17) is 8.42 Å². The van der Waals surface area contributed by atoms with E-state index in [2.05, 4.69) is 0 Å². The molecule has 0 aliphatic rings. The average Bonchev–Trinajstić information content (AvgIpc) is 0.811. The van der Waals surface area contributed by atoms with Crippen LogP contribution in [0, 0.1) is 0 Å². The van der Waals surface area contributed by atoms with Crippen LogP contribution in [0.25, 0.3) is 0 Å². The van der Waals surface area contributed by atoms with Crippen molar-refractivity contribution < 1.29 is 8.42 Å². The first-order chi connectivity index (χ1) is 1.73. The van der Waals surface area contributed by atoms with Gasteiger partial charge in [0.05, 0.1) is 0 Å². The molecule has 0 rings (SSSR count). The van der Waals surface area contributed by atoms with Crippen LogP contribution in [-0.2, 0) is 10.7 Å². The first-order valence-electron chi connectivity index (χ1n) is 0.812. The highest BCUT2D eigenvalue weighted by molar-refractivity contribution is 7.71. The Morgan fingerprint density at radius 2 is 1.50 bits per heavy atom. The van der Waals surface area contributed by atoms with Gasteiger partial charge < -0.3 is 0 Å². The molecule has 0 unspecified atom stereocenters. The van der Waals surface area contributed by atoms with Crippen LogP contribution in [0.2, 0.25) is 0 Å². The lowest BCUT2D eigenvalue weighted by atomic mass is 12.0. The number of hydrogen-bond acceptors (Lipinski definition) is 2. The van der Waals surface area contributed by atoms with Crippen LogP contribution in [0.5, 0.6) is 0 Å². The summed E-state index contributed by atoms with van der Waals surface area (Å²) in [4.78, 5) is 0. The zero-order valence-electron chi connectivity index (χ0n) is 2.26. The molecule has 4 heavy (non-hydrogen) atoms. The number of hydrogen-bond donors (Lipinski definition) is 1. The summed E-state index contributed by atoms with van der Waals surface area (Å²) < 4.78 is 18.1. The molecule has 0 fully saturated rings. The Bertz CT molecular complexity index is 54.4. The van der Waals surface area contributed by atoms with Crippen molar-refractivity contribution in [2.24, 2.45) is 0 Å². The van der Waals surface area contributed by atoms with Gasteiger partial charge in [-0.05, 0) is 0 Å². The van der Waals surface area contributed by atoms with E-state index in [0.717, 1.165) is 6.26 Å². The molecule has 0 saturated heterocycles. The molecule has 0 aliphatic carbocycles. The van der Waals surface area contributed by atoms with Gasteiger partial charge in [0.25, 0.3) is 0 Å². The van der Waals surface area contributed by atoms with Gasteiger partial charge in [-0.15, -0.1) is 0 Å². The average molecular weight is 80.1 g/mol. The second kappa shape index (κ2) is 1.29. The maximum Gasteiger partial charge on any atom is 0.137 e. The van der Waals surface area contributed by atoms with Gasteiger partial charge in [-0.25, -0.2) is 8.42 Å². The summed E-state index contributed by atoms with van der Waals surface area (Å²) in [5.41, 5.74) is 0. The van der Waals surface area contributed by atoms with Gasteiger partial charge in [0.15, 0.2) is 0 Å². The van der Waals surface area contributed by atoms with Crippen LogP contribution in [0.15, 0.2) is 0 Å². The Morgan fingerprint density at radius 3 is 1.50 bits per heavy atom. The fourth-order valence-electron chi connectivity index (χ4n) is 0.